The van der Waals surface area contributed by atoms with Gasteiger partial charge in [0.05, 0.1) is 0 Å². The van der Waals surface area contributed by atoms with Crippen LogP contribution in [0.5, 0.6) is 5.75 Å². The van der Waals surface area contributed by atoms with Crippen molar-refractivity contribution in [2.24, 2.45) is 0 Å². The molecule has 5 heteroatoms. The van der Waals surface area contributed by atoms with Gasteiger partial charge in [0.25, 0.3) is 5.91 Å². The highest BCUT2D eigenvalue weighted by atomic mass is 16.5. The first-order valence-corrected chi connectivity index (χ1v) is 9.97. The van der Waals surface area contributed by atoms with Crippen LogP contribution < -0.4 is 15.4 Å². The predicted molar refractivity (Wildman–Crippen MR) is 120 cm³/mol. The summed E-state index contributed by atoms with van der Waals surface area (Å²) in [4.78, 5) is 24.7. The van der Waals surface area contributed by atoms with E-state index in [9.17, 15) is 9.59 Å². The number of carbonyl (C=O) groups excluding carboxylic acids is 2. The SMILES string of the molecule is Cc1cccc(OC(C)C(=O)Nc2cccc(NC(=O)CCc3ccccc3)c2)c1. The zero-order valence-electron chi connectivity index (χ0n) is 17.2. The molecular weight excluding hydrogens is 376 g/mol. The first kappa shape index (κ1) is 21.1. The third-order valence-corrected chi connectivity index (χ3v) is 4.57. The topological polar surface area (TPSA) is 67.4 Å². The maximum Gasteiger partial charge on any atom is 0.265 e. The van der Waals surface area contributed by atoms with E-state index in [1.54, 1.807) is 31.2 Å². The molecule has 0 fully saturated rings. The molecule has 0 saturated carbocycles. The predicted octanol–water partition coefficient (Wildman–Crippen LogP) is 4.97. The van der Waals surface area contributed by atoms with E-state index in [4.69, 9.17) is 4.74 Å². The van der Waals surface area contributed by atoms with E-state index < -0.39 is 6.10 Å². The van der Waals surface area contributed by atoms with Crippen LogP contribution in [0.25, 0.3) is 0 Å². The minimum absolute atomic E-state index is 0.0709. The first-order valence-electron chi connectivity index (χ1n) is 9.97. The average Bonchev–Trinajstić information content (AvgIpc) is 2.73. The van der Waals surface area contributed by atoms with Gasteiger partial charge >= 0.3 is 0 Å². The Bertz CT molecular complexity index is 1000. The fourth-order valence-electron chi connectivity index (χ4n) is 2.99. The zero-order chi connectivity index (χ0) is 21.3. The molecule has 2 N–H and O–H groups in total. The minimum atomic E-state index is -0.657. The molecule has 1 atom stereocenters. The highest BCUT2D eigenvalue weighted by Crippen LogP contribution is 2.18. The number of aryl methyl sites for hydroxylation is 2. The number of ether oxygens (including phenoxy) is 1. The van der Waals surface area contributed by atoms with Crippen molar-refractivity contribution in [3.05, 3.63) is 90.0 Å². The van der Waals surface area contributed by atoms with Crippen molar-refractivity contribution in [3.63, 3.8) is 0 Å². The molecule has 0 saturated heterocycles. The van der Waals surface area contributed by atoms with E-state index in [0.29, 0.717) is 30.0 Å². The lowest BCUT2D eigenvalue weighted by Crippen LogP contribution is -2.30. The number of carbonyl (C=O) groups is 2. The number of anilines is 2. The lowest BCUT2D eigenvalue weighted by Gasteiger charge is -2.15. The van der Waals surface area contributed by atoms with E-state index in [2.05, 4.69) is 10.6 Å². The van der Waals surface area contributed by atoms with Gasteiger partial charge in [-0.1, -0.05) is 48.5 Å². The molecule has 0 aliphatic heterocycles. The van der Waals surface area contributed by atoms with Crippen LogP contribution in [0.1, 0.15) is 24.5 Å². The van der Waals surface area contributed by atoms with Crippen LogP contribution in [-0.2, 0) is 16.0 Å². The second-order valence-corrected chi connectivity index (χ2v) is 7.18. The molecule has 30 heavy (non-hydrogen) atoms. The fraction of sp³-hybridized carbons (Fsp3) is 0.200. The number of benzene rings is 3. The van der Waals surface area contributed by atoms with E-state index in [1.165, 1.54) is 0 Å². The highest BCUT2D eigenvalue weighted by molar-refractivity contribution is 5.96. The Hall–Kier alpha value is -3.60. The van der Waals surface area contributed by atoms with E-state index in [0.717, 1.165) is 11.1 Å². The summed E-state index contributed by atoms with van der Waals surface area (Å²) in [5.74, 6) is 0.319. The molecule has 5 nitrogen and oxygen atoms in total. The molecule has 3 rings (SSSR count). The third-order valence-electron chi connectivity index (χ3n) is 4.57. The molecule has 0 aliphatic carbocycles. The molecule has 0 radical (unpaired) electrons. The molecule has 0 bridgehead atoms. The summed E-state index contributed by atoms with van der Waals surface area (Å²) in [6.45, 7) is 3.67. The minimum Gasteiger partial charge on any atom is -0.481 e. The average molecular weight is 402 g/mol. The van der Waals surface area contributed by atoms with Crippen molar-refractivity contribution >= 4 is 23.2 Å². The lowest BCUT2D eigenvalue weighted by molar-refractivity contribution is -0.122. The molecule has 0 aliphatic rings. The van der Waals surface area contributed by atoms with Crippen molar-refractivity contribution in [2.45, 2.75) is 32.8 Å². The normalized spacial score (nSPS) is 11.4. The Morgan fingerprint density at radius 3 is 2.30 bits per heavy atom. The zero-order valence-corrected chi connectivity index (χ0v) is 17.2. The molecule has 154 valence electrons. The van der Waals surface area contributed by atoms with Gasteiger partial charge in [-0.15, -0.1) is 0 Å². The van der Waals surface area contributed by atoms with Gasteiger partial charge in [0.15, 0.2) is 6.10 Å². The summed E-state index contributed by atoms with van der Waals surface area (Å²) in [7, 11) is 0. The summed E-state index contributed by atoms with van der Waals surface area (Å²) < 4.78 is 5.72. The number of hydrogen-bond donors (Lipinski definition) is 2. The van der Waals surface area contributed by atoms with Gasteiger partial charge in [-0.05, 0) is 61.7 Å². The van der Waals surface area contributed by atoms with Gasteiger partial charge in [-0.3, -0.25) is 9.59 Å². The van der Waals surface area contributed by atoms with Crippen molar-refractivity contribution < 1.29 is 14.3 Å². The monoisotopic (exact) mass is 402 g/mol. The Morgan fingerprint density at radius 2 is 1.57 bits per heavy atom. The highest BCUT2D eigenvalue weighted by Gasteiger charge is 2.15. The smallest absolute Gasteiger partial charge is 0.265 e. The molecule has 3 aromatic rings. The van der Waals surface area contributed by atoms with Crippen molar-refractivity contribution in [1.29, 1.82) is 0 Å². The second kappa shape index (κ2) is 10.3. The molecule has 0 spiro atoms. The summed E-state index contributed by atoms with van der Waals surface area (Å²) in [6, 6.07) is 24.5. The summed E-state index contributed by atoms with van der Waals surface area (Å²) in [5.41, 5.74) is 3.42. The third kappa shape index (κ3) is 6.48. The molecule has 0 aromatic heterocycles. The Kier molecular flexibility index (Phi) is 7.22. The Morgan fingerprint density at radius 1 is 0.867 bits per heavy atom. The van der Waals surface area contributed by atoms with Crippen molar-refractivity contribution in [3.8, 4) is 5.75 Å². The van der Waals surface area contributed by atoms with Gasteiger partial charge < -0.3 is 15.4 Å². The van der Waals surface area contributed by atoms with Crippen LogP contribution in [0.4, 0.5) is 11.4 Å². The summed E-state index contributed by atoms with van der Waals surface area (Å²) >= 11 is 0. The standard InChI is InChI=1S/C25H26N2O3/c1-18-8-6-13-23(16-18)30-19(2)25(29)27-22-12-7-11-21(17-22)26-24(28)15-14-20-9-4-3-5-10-20/h3-13,16-17,19H,14-15H2,1-2H3,(H,26,28)(H,27,29). The van der Waals surface area contributed by atoms with Crippen LogP contribution in [0.2, 0.25) is 0 Å². The maximum absolute atomic E-state index is 12.5. The molecule has 1 unspecified atom stereocenters. The number of nitrogens with one attached hydrogen (secondary N) is 2. The van der Waals surface area contributed by atoms with Gasteiger partial charge in [0.2, 0.25) is 5.91 Å². The van der Waals surface area contributed by atoms with E-state index in [-0.39, 0.29) is 11.8 Å². The van der Waals surface area contributed by atoms with Crippen LogP contribution in [0, 0.1) is 6.92 Å². The Balaban J connectivity index is 1.52. The van der Waals surface area contributed by atoms with Gasteiger partial charge in [-0.2, -0.15) is 0 Å². The largest absolute Gasteiger partial charge is 0.481 e. The van der Waals surface area contributed by atoms with E-state index >= 15 is 0 Å². The fourth-order valence-corrected chi connectivity index (χ4v) is 2.99. The van der Waals surface area contributed by atoms with E-state index in [1.807, 2.05) is 61.5 Å². The van der Waals surface area contributed by atoms with Gasteiger partial charge in [0.1, 0.15) is 5.75 Å². The molecule has 3 aromatic carbocycles. The van der Waals surface area contributed by atoms with Crippen LogP contribution in [0.3, 0.4) is 0 Å². The lowest BCUT2D eigenvalue weighted by atomic mass is 10.1. The summed E-state index contributed by atoms with van der Waals surface area (Å²) in [6.07, 6.45) is 0.412. The summed E-state index contributed by atoms with van der Waals surface area (Å²) in [5, 5.41) is 5.71. The van der Waals surface area contributed by atoms with Gasteiger partial charge in [-0.25, -0.2) is 0 Å². The van der Waals surface area contributed by atoms with Crippen LogP contribution in [0.15, 0.2) is 78.9 Å². The maximum atomic E-state index is 12.5. The molecular formula is C25H26N2O3. The first-order chi connectivity index (χ1) is 14.5. The molecule has 2 amide bonds. The molecule has 0 heterocycles. The second-order valence-electron chi connectivity index (χ2n) is 7.18. The van der Waals surface area contributed by atoms with Gasteiger partial charge in [0, 0.05) is 17.8 Å². The van der Waals surface area contributed by atoms with Crippen molar-refractivity contribution in [1.82, 2.24) is 0 Å². The Labute approximate surface area is 177 Å². The number of rotatable bonds is 8. The van der Waals surface area contributed by atoms with Crippen LogP contribution in [-0.4, -0.2) is 17.9 Å². The number of hydrogen-bond acceptors (Lipinski definition) is 3. The van der Waals surface area contributed by atoms with Crippen molar-refractivity contribution in [2.75, 3.05) is 10.6 Å². The van der Waals surface area contributed by atoms with Crippen LogP contribution >= 0.6 is 0 Å². The quantitative estimate of drug-likeness (QED) is 0.559. The number of amides is 2.